The van der Waals surface area contributed by atoms with Gasteiger partial charge >= 0.3 is 37.7 Å². The molecule has 0 radical (unpaired) electrons. The molecule has 0 amide bonds. The molecule has 0 bridgehead atoms. The molecule has 0 aromatic rings. The number of carbonyl (C=O) groups excluding carboxylic acids is 2. The zero-order chi connectivity index (χ0) is 13.1. The third kappa shape index (κ3) is 17.8. The molecule has 0 heterocycles. The van der Waals surface area contributed by atoms with Gasteiger partial charge in [0.15, 0.2) is 0 Å². The van der Waals surface area contributed by atoms with E-state index in [2.05, 4.69) is 19.1 Å². The van der Waals surface area contributed by atoms with Crippen molar-refractivity contribution in [2.45, 2.75) is 32.6 Å². The first-order valence-electron chi connectivity index (χ1n) is 5.83. The van der Waals surface area contributed by atoms with E-state index >= 15 is 0 Å². The van der Waals surface area contributed by atoms with Gasteiger partial charge in [-0.25, -0.2) is 0 Å². The van der Waals surface area contributed by atoms with E-state index in [1.807, 2.05) is 0 Å². The Labute approximate surface area is 138 Å². The fourth-order valence-corrected chi connectivity index (χ4v) is 1.46. The van der Waals surface area contributed by atoms with Gasteiger partial charge in [-0.15, -0.1) is 0 Å². The summed E-state index contributed by atoms with van der Waals surface area (Å²) in [6.45, 7) is 1.76. The largest absolute Gasteiger partial charge is 1.00 e. The molecule has 0 saturated carbocycles. The number of carbonyl (C=O) groups is 2. The molecule has 0 aliphatic heterocycles. The maximum atomic E-state index is 10.4. The standard InChI is InChI=1S/C12H21NO4.2Li/c1-2-3-4-5-6-7-8-13(9-11(14)15)10-12(16)17;;/h3-4H,2,5-10H2,1H3,(H,14,15)(H,16,17);;/q;2*+1/p-2/b4-3+;;. The molecule has 0 aliphatic rings. The van der Waals surface area contributed by atoms with E-state index in [4.69, 9.17) is 0 Å². The minimum Gasteiger partial charge on any atom is -0.549 e. The van der Waals surface area contributed by atoms with Crippen LogP contribution in [0.2, 0.25) is 0 Å². The van der Waals surface area contributed by atoms with E-state index < -0.39 is 11.9 Å². The third-order valence-electron chi connectivity index (χ3n) is 2.20. The quantitative estimate of drug-likeness (QED) is 0.220. The van der Waals surface area contributed by atoms with Crippen LogP contribution in [0.1, 0.15) is 32.6 Å². The zero-order valence-corrected chi connectivity index (χ0v) is 12.2. The summed E-state index contributed by atoms with van der Waals surface area (Å²) in [4.78, 5) is 22.1. The normalized spacial score (nSPS) is 10.0. The minimum atomic E-state index is -1.27. The number of hydrogen-bond donors (Lipinski definition) is 0. The van der Waals surface area contributed by atoms with E-state index in [0.717, 1.165) is 25.7 Å². The molecule has 0 aromatic carbocycles. The van der Waals surface area contributed by atoms with Crippen molar-refractivity contribution in [1.82, 2.24) is 4.90 Å². The predicted molar refractivity (Wildman–Crippen MR) is 59.7 cm³/mol. The maximum absolute atomic E-state index is 10.4. The van der Waals surface area contributed by atoms with Gasteiger partial charge in [0.25, 0.3) is 0 Å². The van der Waals surface area contributed by atoms with Crippen LogP contribution in [-0.2, 0) is 9.59 Å². The molecule has 0 unspecified atom stereocenters. The van der Waals surface area contributed by atoms with Gasteiger partial charge in [0.05, 0.1) is 11.9 Å². The smallest absolute Gasteiger partial charge is 0.549 e. The maximum Gasteiger partial charge on any atom is 1.00 e. The van der Waals surface area contributed by atoms with Crippen LogP contribution in [0.4, 0.5) is 0 Å². The fraction of sp³-hybridized carbons (Fsp3) is 0.667. The molecule has 5 nitrogen and oxygen atoms in total. The first kappa shape index (κ1) is 23.9. The Morgan fingerprint density at radius 1 is 1.00 bits per heavy atom. The minimum absolute atomic E-state index is 0. The molecule has 0 atom stereocenters. The first-order valence-corrected chi connectivity index (χ1v) is 5.83. The molecule has 0 fully saturated rings. The summed E-state index contributed by atoms with van der Waals surface area (Å²) in [7, 11) is 0. The topological polar surface area (TPSA) is 83.5 Å². The molecule has 0 spiro atoms. The Morgan fingerprint density at radius 3 is 1.95 bits per heavy atom. The van der Waals surface area contributed by atoms with Gasteiger partial charge in [-0.3, -0.25) is 4.90 Å². The van der Waals surface area contributed by atoms with Crippen LogP contribution in [0.25, 0.3) is 0 Å². The second-order valence-corrected chi connectivity index (χ2v) is 3.83. The van der Waals surface area contributed by atoms with E-state index in [1.165, 1.54) is 4.90 Å². The molecular formula is C12H19Li2NO4. The molecule has 0 rings (SSSR count). The summed E-state index contributed by atoms with van der Waals surface area (Å²) < 4.78 is 0. The molecule has 0 aromatic heterocycles. The van der Waals surface area contributed by atoms with Crippen LogP contribution in [0.15, 0.2) is 12.2 Å². The number of allylic oxidation sites excluding steroid dienone is 2. The molecule has 98 valence electrons. The Kier molecular flexibility index (Phi) is 20.0. The molecule has 0 aliphatic carbocycles. The predicted octanol–water partition coefficient (Wildman–Crippen LogP) is -7.07. The summed E-state index contributed by atoms with van der Waals surface area (Å²) in [5.74, 6) is -2.53. The van der Waals surface area contributed by atoms with Gasteiger partial charge in [-0.05, 0) is 32.2 Å². The number of carboxylic acids is 2. The van der Waals surface area contributed by atoms with Crippen molar-refractivity contribution < 1.29 is 57.5 Å². The summed E-state index contributed by atoms with van der Waals surface area (Å²) in [6.07, 6.45) is 7.74. The number of unbranched alkanes of at least 4 members (excludes halogenated alkanes) is 2. The number of aliphatic carboxylic acids is 2. The fourth-order valence-electron chi connectivity index (χ4n) is 1.46. The van der Waals surface area contributed by atoms with Gasteiger partial charge in [0.2, 0.25) is 0 Å². The molecule has 0 N–H and O–H groups in total. The van der Waals surface area contributed by atoms with Gasteiger partial charge in [-0.1, -0.05) is 19.1 Å². The zero-order valence-electron chi connectivity index (χ0n) is 12.2. The Hall–Kier alpha value is -0.165. The van der Waals surface area contributed by atoms with Gasteiger partial charge in [0, 0.05) is 13.1 Å². The van der Waals surface area contributed by atoms with Gasteiger partial charge in [-0.2, -0.15) is 0 Å². The summed E-state index contributed by atoms with van der Waals surface area (Å²) in [6, 6.07) is 0. The van der Waals surface area contributed by atoms with E-state index in [9.17, 15) is 19.8 Å². The SMILES string of the molecule is CC/C=C/CCCCN(CC(=O)[O-])CC(=O)[O-].[Li+].[Li+]. The van der Waals surface area contributed by atoms with Crippen LogP contribution < -0.4 is 47.9 Å². The first-order chi connectivity index (χ1) is 8.06. The van der Waals surface area contributed by atoms with Crippen molar-refractivity contribution in [3.63, 3.8) is 0 Å². The second kappa shape index (κ2) is 15.9. The van der Waals surface area contributed by atoms with Crippen LogP contribution in [-0.4, -0.2) is 36.5 Å². The van der Waals surface area contributed by atoms with Gasteiger partial charge < -0.3 is 19.8 Å². The second-order valence-electron chi connectivity index (χ2n) is 3.83. The molecule has 7 heteroatoms. The van der Waals surface area contributed by atoms with Crippen molar-refractivity contribution in [1.29, 1.82) is 0 Å². The summed E-state index contributed by atoms with van der Waals surface area (Å²) in [5.41, 5.74) is 0. The van der Waals surface area contributed by atoms with Crippen LogP contribution in [0.3, 0.4) is 0 Å². The van der Waals surface area contributed by atoms with E-state index in [0.29, 0.717) is 6.54 Å². The van der Waals surface area contributed by atoms with Crippen molar-refractivity contribution in [3.8, 4) is 0 Å². The van der Waals surface area contributed by atoms with Crippen LogP contribution >= 0.6 is 0 Å². The molecule has 19 heavy (non-hydrogen) atoms. The van der Waals surface area contributed by atoms with Crippen molar-refractivity contribution in [3.05, 3.63) is 12.2 Å². The number of hydrogen-bond acceptors (Lipinski definition) is 5. The van der Waals surface area contributed by atoms with E-state index in [-0.39, 0.29) is 50.8 Å². The van der Waals surface area contributed by atoms with Gasteiger partial charge in [0.1, 0.15) is 0 Å². The third-order valence-corrected chi connectivity index (χ3v) is 2.20. The Balaban J connectivity index is -0.00000128. The number of carboxylic acid groups (broad SMARTS) is 2. The molecule has 0 saturated heterocycles. The van der Waals surface area contributed by atoms with Crippen LogP contribution in [0.5, 0.6) is 0 Å². The average molecular weight is 255 g/mol. The number of rotatable bonds is 10. The van der Waals surface area contributed by atoms with Crippen molar-refractivity contribution in [2.75, 3.05) is 19.6 Å². The Bertz CT molecular complexity index is 256. The monoisotopic (exact) mass is 255 g/mol. The number of nitrogens with zero attached hydrogens (tertiary/aromatic N) is 1. The van der Waals surface area contributed by atoms with Crippen LogP contribution in [0, 0.1) is 0 Å². The average Bonchev–Trinajstić information content (AvgIpc) is 2.21. The van der Waals surface area contributed by atoms with Crippen molar-refractivity contribution in [2.24, 2.45) is 0 Å². The summed E-state index contributed by atoms with van der Waals surface area (Å²) in [5, 5.41) is 20.8. The molecular weight excluding hydrogens is 236 g/mol. The van der Waals surface area contributed by atoms with Crippen molar-refractivity contribution >= 4 is 11.9 Å². The van der Waals surface area contributed by atoms with E-state index in [1.54, 1.807) is 0 Å². The summed E-state index contributed by atoms with van der Waals surface area (Å²) >= 11 is 0. The Morgan fingerprint density at radius 2 is 1.53 bits per heavy atom.